The quantitative estimate of drug-likeness (QED) is 0.540. The fourth-order valence-corrected chi connectivity index (χ4v) is 3.14. The zero-order valence-corrected chi connectivity index (χ0v) is 14.6. The largest absolute Gasteiger partial charge is 0.462 e. The van der Waals surface area contributed by atoms with E-state index >= 15 is 0 Å². The van der Waals surface area contributed by atoms with E-state index in [0.29, 0.717) is 4.57 Å². The van der Waals surface area contributed by atoms with Crippen molar-refractivity contribution in [1.82, 2.24) is 9.13 Å². The van der Waals surface area contributed by atoms with Crippen LogP contribution in [0.25, 0.3) is 0 Å². The van der Waals surface area contributed by atoms with Crippen LogP contribution < -0.4 is 15.4 Å². The molecule has 0 saturated heterocycles. The summed E-state index contributed by atoms with van der Waals surface area (Å²) in [5, 5.41) is 0. The first-order valence-corrected chi connectivity index (χ1v) is 8.57. The van der Waals surface area contributed by atoms with Crippen molar-refractivity contribution >= 4 is 16.1 Å². The molecule has 10 heteroatoms. The van der Waals surface area contributed by atoms with Crippen LogP contribution in [0.4, 0.5) is 0 Å². The third-order valence-electron chi connectivity index (χ3n) is 3.27. The topological polar surface area (TPSA) is 114 Å². The van der Waals surface area contributed by atoms with E-state index < -0.39 is 32.2 Å². The lowest BCUT2D eigenvalue weighted by molar-refractivity contribution is 0.0524. The summed E-state index contributed by atoms with van der Waals surface area (Å²) < 4.78 is 36.3. The average molecular weight is 368 g/mol. The number of carbonyl (C=O) groups is 1. The molecule has 134 valence electrons. The van der Waals surface area contributed by atoms with Crippen LogP contribution in [-0.4, -0.2) is 30.1 Å². The summed E-state index contributed by atoms with van der Waals surface area (Å²) in [4.78, 5) is 34.9. The zero-order chi connectivity index (χ0) is 18.8. The molecule has 0 radical (unpaired) electrons. The number of hydrogen-bond acceptors (Lipinski definition) is 7. The number of para-hydroxylation sites is 1. The highest BCUT2D eigenvalue weighted by molar-refractivity contribution is 7.87. The molecule has 0 fully saturated rings. The van der Waals surface area contributed by atoms with Gasteiger partial charge in [0.05, 0.1) is 6.61 Å². The summed E-state index contributed by atoms with van der Waals surface area (Å²) in [7, 11) is -2.13. The van der Waals surface area contributed by atoms with Gasteiger partial charge in [0.15, 0.2) is 10.6 Å². The summed E-state index contributed by atoms with van der Waals surface area (Å²) in [6.45, 7) is 1.70. The van der Waals surface area contributed by atoms with E-state index in [1.54, 1.807) is 6.92 Å². The Bertz CT molecular complexity index is 1030. The molecule has 0 aliphatic heterocycles. The minimum absolute atomic E-state index is 0.0985. The third kappa shape index (κ3) is 3.63. The summed E-state index contributed by atoms with van der Waals surface area (Å²) in [5.74, 6) is -1.04. The van der Waals surface area contributed by atoms with Gasteiger partial charge in [0.2, 0.25) is 0 Å². The summed E-state index contributed by atoms with van der Waals surface area (Å²) in [6, 6.07) is 5.57. The zero-order valence-electron chi connectivity index (χ0n) is 13.8. The van der Waals surface area contributed by atoms with Crippen molar-refractivity contribution in [2.75, 3.05) is 6.61 Å². The van der Waals surface area contributed by atoms with Gasteiger partial charge in [0, 0.05) is 20.3 Å². The van der Waals surface area contributed by atoms with Gasteiger partial charge in [-0.15, -0.1) is 0 Å². The highest BCUT2D eigenvalue weighted by Gasteiger charge is 2.26. The predicted octanol–water partition coefficient (Wildman–Crippen LogP) is 0.0284. The maximum Gasteiger partial charge on any atom is 0.346 e. The lowest BCUT2D eigenvalue weighted by atomic mass is 10.2. The molecular weight excluding hydrogens is 352 g/mol. The molecule has 2 aromatic rings. The van der Waals surface area contributed by atoms with Gasteiger partial charge in [0.25, 0.3) is 5.56 Å². The molecule has 0 bridgehead atoms. The van der Waals surface area contributed by atoms with Crippen LogP contribution in [0.1, 0.15) is 17.3 Å². The first-order chi connectivity index (χ1) is 11.7. The Morgan fingerprint density at radius 1 is 1.16 bits per heavy atom. The molecule has 0 unspecified atom stereocenters. The summed E-state index contributed by atoms with van der Waals surface area (Å²) in [6.07, 6.45) is 0.868. The second-order valence-electron chi connectivity index (χ2n) is 5.01. The van der Waals surface area contributed by atoms with E-state index in [0.717, 1.165) is 17.8 Å². The van der Waals surface area contributed by atoms with Gasteiger partial charge < -0.3 is 13.5 Å². The van der Waals surface area contributed by atoms with E-state index in [2.05, 4.69) is 0 Å². The first-order valence-electron chi connectivity index (χ1n) is 7.16. The molecule has 1 aromatic heterocycles. The Hall–Kier alpha value is -2.88. The van der Waals surface area contributed by atoms with Crippen molar-refractivity contribution in [3.63, 3.8) is 0 Å². The van der Waals surface area contributed by atoms with Crippen LogP contribution in [0.3, 0.4) is 0 Å². The summed E-state index contributed by atoms with van der Waals surface area (Å²) in [5.41, 5.74) is -1.82. The molecule has 0 amide bonds. The second kappa shape index (κ2) is 6.93. The van der Waals surface area contributed by atoms with E-state index in [-0.39, 0.29) is 17.9 Å². The van der Waals surface area contributed by atoms with Crippen molar-refractivity contribution in [1.29, 1.82) is 0 Å². The number of hydrogen-bond donors (Lipinski definition) is 0. The molecule has 25 heavy (non-hydrogen) atoms. The van der Waals surface area contributed by atoms with Gasteiger partial charge in [-0.25, -0.2) is 9.59 Å². The molecule has 1 aromatic carbocycles. The number of nitrogens with zero attached hydrogens (tertiary/aromatic N) is 2. The number of aryl methyl sites for hydroxylation is 1. The predicted molar refractivity (Wildman–Crippen MR) is 87.1 cm³/mol. The van der Waals surface area contributed by atoms with Crippen molar-refractivity contribution in [2.45, 2.75) is 11.8 Å². The molecule has 0 N–H and O–H groups in total. The van der Waals surface area contributed by atoms with Gasteiger partial charge in [0.1, 0.15) is 5.56 Å². The standard InChI is InChI=1S/C15H16N2O7S/c1-4-23-14(19)10-7-5-6-8-11(10)24-25(21,22)12-9-16(2)15(20)17(3)13(12)18/h5-9H,4H2,1-3H3. The minimum atomic E-state index is -4.58. The number of esters is 1. The smallest absolute Gasteiger partial charge is 0.346 e. The maximum atomic E-state index is 12.5. The molecule has 0 spiro atoms. The monoisotopic (exact) mass is 368 g/mol. The van der Waals surface area contributed by atoms with Crippen LogP contribution in [0.15, 0.2) is 44.9 Å². The Labute approximate surface area is 143 Å². The van der Waals surface area contributed by atoms with Crippen LogP contribution >= 0.6 is 0 Å². The number of aromatic nitrogens is 2. The normalized spacial score (nSPS) is 11.2. The SMILES string of the molecule is CCOC(=O)c1ccccc1OS(=O)(=O)c1cn(C)c(=O)n(C)c1=O. The Morgan fingerprint density at radius 3 is 2.44 bits per heavy atom. The average Bonchev–Trinajstić information content (AvgIpc) is 2.56. The molecule has 0 atom stereocenters. The fourth-order valence-electron chi connectivity index (χ4n) is 2.03. The van der Waals surface area contributed by atoms with Gasteiger partial charge in [-0.2, -0.15) is 8.42 Å². The van der Waals surface area contributed by atoms with Crippen molar-refractivity contribution in [3.05, 3.63) is 56.9 Å². The number of ether oxygens (including phenoxy) is 1. The van der Waals surface area contributed by atoms with Crippen LogP contribution in [-0.2, 0) is 29.0 Å². The van der Waals surface area contributed by atoms with Gasteiger partial charge in [-0.3, -0.25) is 9.36 Å². The van der Waals surface area contributed by atoms with E-state index in [9.17, 15) is 22.8 Å². The number of carbonyl (C=O) groups excluding carboxylic acids is 1. The van der Waals surface area contributed by atoms with Crippen molar-refractivity contribution in [3.8, 4) is 5.75 Å². The molecule has 0 aliphatic rings. The summed E-state index contributed by atoms with van der Waals surface area (Å²) >= 11 is 0. The number of rotatable bonds is 5. The third-order valence-corrected chi connectivity index (χ3v) is 4.48. The van der Waals surface area contributed by atoms with E-state index in [4.69, 9.17) is 8.92 Å². The highest BCUT2D eigenvalue weighted by atomic mass is 32.2. The second-order valence-corrected chi connectivity index (χ2v) is 6.52. The minimum Gasteiger partial charge on any atom is -0.462 e. The molecule has 0 saturated carbocycles. The lowest BCUT2D eigenvalue weighted by Gasteiger charge is -2.11. The molecule has 9 nitrogen and oxygen atoms in total. The lowest BCUT2D eigenvalue weighted by Crippen LogP contribution is -2.40. The Balaban J connectivity index is 2.54. The van der Waals surface area contributed by atoms with Gasteiger partial charge >= 0.3 is 21.8 Å². The molecule has 0 aliphatic carbocycles. The van der Waals surface area contributed by atoms with Crippen LogP contribution in [0.5, 0.6) is 5.75 Å². The highest BCUT2D eigenvalue weighted by Crippen LogP contribution is 2.22. The van der Waals surface area contributed by atoms with Crippen LogP contribution in [0.2, 0.25) is 0 Å². The Kier molecular flexibility index (Phi) is 5.12. The van der Waals surface area contributed by atoms with Crippen molar-refractivity contribution in [2.24, 2.45) is 14.1 Å². The first kappa shape index (κ1) is 18.5. The van der Waals surface area contributed by atoms with Crippen molar-refractivity contribution < 1.29 is 22.1 Å². The Morgan fingerprint density at radius 2 is 1.80 bits per heavy atom. The molecule has 1 heterocycles. The van der Waals surface area contributed by atoms with E-state index in [1.165, 1.54) is 31.3 Å². The fraction of sp³-hybridized carbons (Fsp3) is 0.267. The molecule has 2 rings (SSSR count). The maximum absolute atomic E-state index is 12.5. The van der Waals surface area contributed by atoms with Gasteiger partial charge in [-0.05, 0) is 19.1 Å². The van der Waals surface area contributed by atoms with Crippen LogP contribution in [0, 0.1) is 0 Å². The van der Waals surface area contributed by atoms with E-state index in [1.807, 2.05) is 0 Å². The number of benzene rings is 1. The molecular formula is C15H16N2O7S. The van der Waals surface area contributed by atoms with Gasteiger partial charge in [-0.1, -0.05) is 12.1 Å².